The number of allylic oxidation sites excluding steroid dienone is 1. The van der Waals surface area contributed by atoms with Crippen LogP contribution in [0.25, 0.3) is 6.08 Å². The Labute approximate surface area is 113 Å². The molecule has 0 unspecified atom stereocenters. The molecular formula is C16H14O2S. The molecule has 0 amide bonds. The van der Waals surface area contributed by atoms with Gasteiger partial charge >= 0.3 is 0 Å². The van der Waals surface area contributed by atoms with Crippen LogP contribution >= 0.6 is 0 Å². The van der Waals surface area contributed by atoms with Crippen LogP contribution in [0.3, 0.4) is 0 Å². The lowest BCUT2D eigenvalue weighted by molar-refractivity contribution is 0.603. The Morgan fingerprint density at radius 1 is 0.895 bits per heavy atom. The molecule has 0 aliphatic heterocycles. The van der Waals surface area contributed by atoms with Crippen LogP contribution in [0.5, 0.6) is 0 Å². The van der Waals surface area contributed by atoms with Gasteiger partial charge in [-0.25, -0.2) is 8.42 Å². The van der Waals surface area contributed by atoms with Gasteiger partial charge in [-0.3, -0.25) is 0 Å². The van der Waals surface area contributed by atoms with E-state index in [2.05, 4.69) is 6.58 Å². The molecule has 0 aromatic heterocycles. The Kier molecular flexibility index (Phi) is 3.97. The summed E-state index contributed by atoms with van der Waals surface area (Å²) in [5.41, 5.74) is 0.830. The van der Waals surface area contributed by atoms with Gasteiger partial charge in [-0.05, 0) is 23.8 Å². The molecule has 0 bridgehead atoms. The second-order valence-corrected chi connectivity index (χ2v) is 5.93. The zero-order chi connectivity index (χ0) is 13.7. The van der Waals surface area contributed by atoms with Crippen LogP contribution < -0.4 is 0 Å². The van der Waals surface area contributed by atoms with E-state index < -0.39 is 9.84 Å². The predicted molar refractivity (Wildman–Crippen MR) is 78.2 cm³/mol. The molecule has 0 heterocycles. The van der Waals surface area contributed by atoms with E-state index in [0.717, 1.165) is 5.56 Å². The van der Waals surface area contributed by atoms with E-state index in [9.17, 15) is 8.42 Å². The maximum atomic E-state index is 12.4. The summed E-state index contributed by atoms with van der Waals surface area (Å²) in [6.45, 7) is 3.60. The zero-order valence-corrected chi connectivity index (χ0v) is 11.2. The summed E-state index contributed by atoms with van der Waals surface area (Å²) in [7, 11) is -3.51. The van der Waals surface area contributed by atoms with Gasteiger partial charge in [-0.15, -0.1) is 0 Å². The molecule has 2 aromatic rings. The van der Waals surface area contributed by atoms with Crippen molar-refractivity contribution < 1.29 is 8.42 Å². The first-order valence-electron chi connectivity index (χ1n) is 5.84. The lowest BCUT2D eigenvalue weighted by Gasteiger charge is -2.05. The largest absolute Gasteiger partial charge is 0.219 e. The van der Waals surface area contributed by atoms with Crippen molar-refractivity contribution in [3.05, 3.63) is 83.8 Å². The van der Waals surface area contributed by atoms with E-state index in [1.54, 1.807) is 36.4 Å². The summed E-state index contributed by atoms with van der Waals surface area (Å²) in [5.74, 6) is 0. The van der Waals surface area contributed by atoms with Gasteiger partial charge in [0, 0.05) is 0 Å². The normalized spacial score (nSPS) is 12.1. The third-order valence-corrected chi connectivity index (χ3v) is 4.47. The molecule has 0 N–H and O–H groups in total. The molecular weight excluding hydrogens is 256 g/mol. The maximum Gasteiger partial charge on any atom is 0.206 e. The second kappa shape index (κ2) is 5.67. The van der Waals surface area contributed by atoms with Crippen molar-refractivity contribution in [2.75, 3.05) is 0 Å². The lowest BCUT2D eigenvalue weighted by atomic mass is 10.2. The van der Waals surface area contributed by atoms with Crippen molar-refractivity contribution >= 4 is 15.9 Å². The van der Waals surface area contributed by atoms with Gasteiger partial charge in [0.25, 0.3) is 0 Å². The molecule has 0 aliphatic rings. The molecule has 2 nitrogen and oxygen atoms in total. The smallest absolute Gasteiger partial charge is 0.206 e. The van der Waals surface area contributed by atoms with E-state index in [0.29, 0.717) is 0 Å². The molecule has 2 rings (SSSR count). The van der Waals surface area contributed by atoms with Crippen LogP contribution in [0.2, 0.25) is 0 Å². The second-order valence-electron chi connectivity index (χ2n) is 3.98. The Bertz CT molecular complexity index is 684. The van der Waals surface area contributed by atoms with Gasteiger partial charge in [0.1, 0.15) is 0 Å². The summed E-state index contributed by atoms with van der Waals surface area (Å²) in [4.78, 5) is 0.474. The summed E-state index contributed by atoms with van der Waals surface area (Å²) in [6.07, 6.45) is 2.99. The molecule has 0 saturated carbocycles. The quantitative estimate of drug-likeness (QED) is 0.794. The highest BCUT2D eigenvalue weighted by molar-refractivity contribution is 7.95. The molecule has 19 heavy (non-hydrogen) atoms. The molecule has 2 aromatic carbocycles. The van der Waals surface area contributed by atoms with E-state index in [-0.39, 0.29) is 9.80 Å². The van der Waals surface area contributed by atoms with Crippen molar-refractivity contribution in [1.29, 1.82) is 0 Å². The minimum Gasteiger partial charge on any atom is -0.219 e. The minimum absolute atomic E-state index is 0.199. The fourth-order valence-corrected chi connectivity index (χ4v) is 2.99. The van der Waals surface area contributed by atoms with Crippen LogP contribution in [0.4, 0.5) is 0 Å². The predicted octanol–water partition coefficient (Wildman–Crippen LogP) is 3.69. The van der Waals surface area contributed by atoms with Crippen LogP contribution in [0, 0.1) is 0 Å². The van der Waals surface area contributed by atoms with Crippen LogP contribution in [0.1, 0.15) is 5.56 Å². The number of sulfone groups is 1. The number of hydrogen-bond acceptors (Lipinski definition) is 2. The molecule has 0 saturated heterocycles. The van der Waals surface area contributed by atoms with Gasteiger partial charge in [0.2, 0.25) is 9.84 Å². The molecule has 0 radical (unpaired) electrons. The highest BCUT2D eigenvalue weighted by Gasteiger charge is 2.17. The minimum atomic E-state index is -3.51. The molecule has 96 valence electrons. The van der Waals surface area contributed by atoms with Crippen molar-refractivity contribution in [2.24, 2.45) is 0 Å². The molecule has 0 fully saturated rings. The summed E-state index contributed by atoms with van der Waals surface area (Å²) in [5, 5.41) is 0. The van der Waals surface area contributed by atoms with Crippen molar-refractivity contribution in [3.8, 4) is 0 Å². The first-order chi connectivity index (χ1) is 9.14. The standard InChI is InChI=1S/C16H14O2S/c1-2-15(13-14-9-5-3-6-10-14)19(17,18)16-11-7-4-8-12-16/h2-13H,1H2/b15-13+. The van der Waals surface area contributed by atoms with E-state index in [4.69, 9.17) is 0 Å². The zero-order valence-electron chi connectivity index (χ0n) is 10.4. The average molecular weight is 270 g/mol. The average Bonchev–Trinajstić information content (AvgIpc) is 2.46. The third kappa shape index (κ3) is 3.01. The highest BCUT2D eigenvalue weighted by atomic mass is 32.2. The van der Waals surface area contributed by atoms with Crippen LogP contribution in [-0.4, -0.2) is 8.42 Å². The van der Waals surface area contributed by atoms with Gasteiger partial charge < -0.3 is 0 Å². The molecule has 0 aliphatic carbocycles. The topological polar surface area (TPSA) is 34.1 Å². The molecule has 0 atom stereocenters. The Hall–Kier alpha value is -2.13. The Morgan fingerprint density at radius 3 is 1.95 bits per heavy atom. The SMILES string of the molecule is C=C/C(=C\c1ccccc1)S(=O)(=O)c1ccccc1. The van der Waals surface area contributed by atoms with E-state index in [1.807, 2.05) is 30.3 Å². The van der Waals surface area contributed by atoms with Crippen LogP contribution in [-0.2, 0) is 9.84 Å². The van der Waals surface area contributed by atoms with Gasteiger partial charge in [-0.2, -0.15) is 0 Å². The molecule has 3 heteroatoms. The third-order valence-electron chi connectivity index (χ3n) is 2.67. The van der Waals surface area contributed by atoms with Gasteiger partial charge in [0.15, 0.2) is 0 Å². The van der Waals surface area contributed by atoms with E-state index >= 15 is 0 Å². The lowest BCUT2D eigenvalue weighted by Crippen LogP contribution is -2.02. The highest BCUT2D eigenvalue weighted by Crippen LogP contribution is 2.21. The van der Waals surface area contributed by atoms with Gasteiger partial charge in [0.05, 0.1) is 9.80 Å². The Balaban J connectivity index is 2.49. The first kappa shape index (κ1) is 13.3. The van der Waals surface area contributed by atoms with Gasteiger partial charge in [-0.1, -0.05) is 61.2 Å². The summed E-state index contributed by atoms with van der Waals surface area (Å²) in [6, 6.07) is 17.7. The van der Waals surface area contributed by atoms with Crippen molar-refractivity contribution in [2.45, 2.75) is 4.90 Å². The number of hydrogen-bond donors (Lipinski definition) is 0. The maximum absolute atomic E-state index is 12.4. The van der Waals surface area contributed by atoms with E-state index in [1.165, 1.54) is 6.08 Å². The summed E-state index contributed by atoms with van der Waals surface area (Å²) < 4.78 is 24.9. The summed E-state index contributed by atoms with van der Waals surface area (Å²) >= 11 is 0. The fraction of sp³-hybridized carbons (Fsp3) is 0. The number of benzene rings is 2. The van der Waals surface area contributed by atoms with Crippen molar-refractivity contribution in [1.82, 2.24) is 0 Å². The van der Waals surface area contributed by atoms with Crippen LogP contribution in [0.15, 0.2) is 83.1 Å². The molecule has 0 spiro atoms. The first-order valence-corrected chi connectivity index (χ1v) is 7.32. The Morgan fingerprint density at radius 2 is 1.42 bits per heavy atom. The fourth-order valence-electron chi connectivity index (χ4n) is 1.70. The monoisotopic (exact) mass is 270 g/mol. The number of rotatable bonds is 4. The van der Waals surface area contributed by atoms with Crippen molar-refractivity contribution in [3.63, 3.8) is 0 Å².